The molecule has 1 aromatic carbocycles. The molecule has 0 atom stereocenters. The van der Waals surface area contributed by atoms with Gasteiger partial charge in [-0.05, 0) is 56.0 Å². The SMILES string of the molecule is CC(C)Oc1ccc(NC(=NCCS(C)(=O)=O)NCCc2cccs2)cc1.I. The summed E-state index contributed by atoms with van der Waals surface area (Å²) in [6.07, 6.45) is 2.22. The standard InChI is InChI=1S/C19H27N3O3S2.HI/c1-15(2)25-17-8-6-16(7-9-17)22-19(21-12-14-27(3,23)24)20-11-10-18-5-4-13-26-18;/h4-9,13,15H,10-12,14H2,1-3H3,(H2,20,21,22);1H. The number of nitrogens with zero attached hydrogens (tertiary/aromatic N) is 1. The van der Waals surface area contributed by atoms with Gasteiger partial charge in [-0.2, -0.15) is 0 Å². The van der Waals surface area contributed by atoms with E-state index in [2.05, 4.69) is 27.1 Å². The first-order chi connectivity index (χ1) is 12.8. The van der Waals surface area contributed by atoms with Crippen molar-refractivity contribution < 1.29 is 13.2 Å². The van der Waals surface area contributed by atoms with E-state index in [0.29, 0.717) is 12.5 Å². The molecule has 0 unspecified atom stereocenters. The number of hydrogen-bond acceptors (Lipinski definition) is 5. The highest BCUT2D eigenvalue weighted by Gasteiger charge is 2.05. The van der Waals surface area contributed by atoms with Gasteiger partial charge in [0.15, 0.2) is 5.96 Å². The molecular formula is C19H28IN3O3S2. The van der Waals surface area contributed by atoms with Crippen molar-refractivity contribution in [3.63, 3.8) is 0 Å². The lowest BCUT2D eigenvalue weighted by atomic mass is 10.3. The van der Waals surface area contributed by atoms with Crippen molar-refractivity contribution in [2.24, 2.45) is 4.99 Å². The maximum absolute atomic E-state index is 11.3. The third-order valence-electron chi connectivity index (χ3n) is 3.46. The molecule has 0 aliphatic carbocycles. The Bertz CT molecular complexity index is 821. The number of benzene rings is 1. The molecule has 6 nitrogen and oxygen atoms in total. The summed E-state index contributed by atoms with van der Waals surface area (Å²) >= 11 is 1.71. The van der Waals surface area contributed by atoms with Crippen LogP contribution >= 0.6 is 35.3 Å². The summed E-state index contributed by atoms with van der Waals surface area (Å²) in [7, 11) is -3.04. The number of thiophene rings is 1. The summed E-state index contributed by atoms with van der Waals surface area (Å²) < 4.78 is 28.3. The highest BCUT2D eigenvalue weighted by Crippen LogP contribution is 2.17. The van der Waals surface area contributed by atoms with Gasteiger partial charge in [0, 0.05) is 23.4 Å². The number of rotatable bonds is 9. The lowest BCUT2D eigenvalue weighted by Gasteiger charge is -2.14. The fourth-order valence-electron chi connectivity index (χ4n) is 2.25. The zero-order valence-electron chi connectivity index (χ0n) is 16.3. The summed E-state index contributed by atoms with van der Waals surface area (Å²) in [6, 6.07) is 11.7. The summed E-state index contributed by atoms with van der Waals surface area (Å²) in [6.45, 7) is 4.88. The molecule has 0 fully saturated rings. The van der Waals surface area contributed by atoms with Crippen LogP contribution in [0.1, 0.15) is 18.7 Å². The van der Waals surface area contributed by atoms with Crippen LogP contribution in [0.2, 0.25) is 0 Å². The van der Waals surface area contributed by atoms with Gasteiger partial charge in [0.2, 0.25) is 0 Å². The van der Waals surface area contributed by atoms with Crippen molar-refractivity contribution >= 4 is 56.8 Å². The van der Waals surface area contributed by atoms with Gasteiger partial charge < -0.3 is 15.4 Å². The zero-order chi connectivity index (χ0) is 19.7. The molecule has 0 saturated heterocycles. The van der Waals surface area contributed by atoms with Crippen LogP contribution in [0.3, 0.4) is 0 Å². The molecule has 2 rings (SSSR count). The lowest BCUT2D eigenvalue weighted by Crippen LogP contribution is -2.33. The second-order valence-corrected chi connectivity index (χ2v) is 9.72. The number of nitrogens with one attached hydrogen (secondary N) is 2. The Labute approximate surface area is 188 Å². The predicted octanol–water partition coefficient (Wildman–Crippen LogP) is 3.80. The lowest BCUT2D eigenvalue weighted by molar-refractivity contribution is 0.242. The largest absolute Gasteiger partial charge is 0.491 e. The van der Waals surface area contributed by atoms with E-state index < -0.39 is 9.84 Å². The van der Waals surface area contributed by atoms with Crippen LogP contribution in [0, 0.1) is 0 Å². The second kappa shape index (κ2) is 12.3. The average Bonchev–Trinajstić information content (AvgIpc) is 3.08. The minimum Gasteiger partial charge on any atom is -0.491 e. The highest BCUT2D eigenvalue weighted by molar-refractivity contribution is 14.0. The highest BCUT2D eigenvalue weighted by atomic mass is 127. The molecule has 28 heavy (non-hydrogen) atoms. The minimum atomic E-state index is -3.04. The number of guanidine groups is 1. The molecule has 0 saturated carbocycles. The third-order valence-corrected chi connectivity index (χ3v) is 5.33. The Morgan fingerprint density at radius 3 is 2.50 bits per heavy atom. The molecule has 0 amide bonds. The Balaban J connectivity index is 0.00000392. The molecule has 0 aliphatic rings. The van der Waals surface area contributed by atoms with Gasteiger partial charge in [0.05, 0.1) is 18.4 Å². The maximum atomic E-state index is 11.3. The van der Waals surface area contributed by atoms with E-state index >= 15 is 0 Å². The molecule has 9 heteroatoms. The van der Waals surface area contributed by atoms with Crippen LogP contribution in [-0.2, 0) is 16.3 Å². The Morgan fingerprint density at radius 2 is 1.93 bits per heavy atom. The first-order valence-corrected chi connectivity index (χ1v) is 11.8. The molecule has 0 radical (unpaired) electrons. The van der Waals surface area contributed by atoms with Crippen molar-refractivity contribution in [3.8, 4) is 5.75 Å². The number of halogens is 1. The topological polar surface area (TPSA) is 79.8 Å². The van der Waals surface area contributed by atoms with E-state index in [1.54, 1.807) is 11.3 Å². The van der Waals surface area contributed by atoms with Gasteiger partial charge in [-0.1, -0.05) is 6.07 Å². The number of aliphatic imine (C=N–C) groups is 1. The summed E-state index contributed by atoms with van der Waals surface area (Å²) in [5.41, 5.74) is 0.854. The van der Waals surface area contributed by atoms with Crippen molar-refractivity contribution in [1.82, 2.24) is 5.32 Å². The molecule has 0 aliphatic heterocycles. The maximum Gasteiger partial charge on any atom is 0.195 e. The van der Waals surface area contributed by atoms with Crippen LogP contribution in [0.4, 0.5) is 5.69 Å². The van der Waals surface area contributed by atoms with Crippen LogP contribution in [0.15, 0.2) is 46.8 Å². The van der Waals surface area contributed by atoms with Gasteiger partial charge >= 0.3 is 0 Å². The zero-order valence-corrected chi connectivity index (χ0v) is 20.3. The first-order valence-electron chi connectivity index (χ1n) is 8.84. The average molecular weight is 537 g/mol. The van der Waals surface area contributed by atoms with Crippen molar-refractivity contribution in [3.05, 3.63) is 46.7 Å². The quantitative estimate of drug-likeness (QED) is 0.289. The molecule has 2 N–H and O–H groups in total. The first kappa shape index (κ1) is 24.7. The van der Waals surface area contributed by atoms with Crippen molar-refractivity contribution in [1.29, 1.82) is 0 Å². The Hall–Kier alpha value is -1.33. The summed E-state index contributed by atoms with van der Waals surface area (Å²) in [5, 5.41) is 8.53. The molecule has 0 spiro atoms. The van der Waals surface area contributed by atoms with Crippen LogP contribution in [0.25, 0.3) is 0 Å². The Morgan fingerprint density at radius 1 is 1.21 bits per heavy atom. The fourth-order valence-corrected chi connectivity index (χ4v) is 3.38. The van der Waals surface area contributed by atoms with Gasteiger partial charge in [0.25, 0.3) is 0 Å². The van der Waals surface area contributed by atoms with Crippen molar-refractivity contribution in [2.45, 2.75) is 26.4 Å². The monoisotopic (exact) mass is 537 g/mol. The van der Waals surface area contributed by atoms with Crippen LogP contribution in [-0.4, -0.2) is 45.6 Å². The number of anilines is 1. The molecule has 0 bridgehead atoms. The molecule has 156 valence electrons. The number of ether oxygens (including phenoxy) is 1. The van der Waals surface area contributed by atoms with E-state index in [1.807, 2.05) is 44.2 Å². The van der Waals surface area contributed by atoms with Gasteiger partial charge in [-0.25, -0.2) is 8.42 Å². The van der Waals surface area contributed by atoms with E-state index in [-0.39, 0.29) is 42.4 Å². The normalized spacial score (nSPS) is 11.8. The van der Waals surface area contributed by atoms with Gasteiger partial charge in [-0.15, -0.1) is 35.3 Å². The van der Waals surface area contributed by atoms with E-state index in [0.717, 1.165) is 17.9 Å². The fraction of sp³-hybridized carbons (Fsp3) is 0.421. The molecule has 2 aromatic rings. The summed E-state index contributed by atoms with van der Waals surface area (Å²) in [5.74, 6) is 1.39. The van der Waals surface area contributed by atoms with E-state index in [9.17, 15) is 8.42 Å². The predicted molar refractivity (Wildman–Crippen MR) is 129 cm³/mol. The summed E-state index contributed by atoms with van der Waals surface area (Å²) in [4.78, 5) is 5.67. The van der Waals surface area contributed by atoms with Crippen LogP contribution < -0.4 is 15.4 Å². The third kappa shape index (κ3) is 10.3. The molecular weight excluding hydrogens is 509 g/mol. The van der Waals surface area contributed by atoms with Gasteiger partial charge in [0.1, 0.15) is 15.6 Å². The van der Waals surface area contributed by atoms with Gasteiger partial charge in [-0.3, -0.25) is 4.99 Å². The van der Waals surface area contributed by atoms with E-state index in [4.69, 9.17) is 4.74 Å². The minimum absolute atomic E-state index is 0. The molecule has 1 aromatic heterocycles. The second-order valence-electron chi connectivity index (χ2n) is 6.43. The Kier molecular flexibility index (Phi) is 10.8. The van der Waals surface area contributed by atoms with E-state index in [1.165, 1.54) is 11.1 Å². The van der Waals surface area contributed by atoms with Crippen molar-refractivity contribution in [2.75, 3.05) is 30.4 Å². The van der Waals surface area contributed by atoms with Crippen LogP contribution in [0.5, 0.6) is 5.75 Å². The molecule has 1 heterocycles. The number of sulfone groups is 1. The smallest absolute Gasteiger partial charge is 0.195 e. The number of hydrogen-bond donors (Lipinski definition) is 2.